The molecule has 140 valence electrons. The van der Waals surface area contributed by atoms with E-state index in [-0.39, 0.29) is 12.3 Å². The number of hydrogen-bond donors (Lipinski definition) is 1. The molecule has 1 N–H and O–H groups in total. The Kier molecular flexibility index (Phi) is 4.57. The van der Waals surface area contributed by atoms with E-state index in [4.69, 9.17) is 5.11 Å². The summed E-state index contributed by atoms with van der Waals surface area (Å²) in [7, 11) is 0. The molecule has 0 spiro atoms. The molecule has 27 heavy (non-hydrogen) atoms. The first-order chi connectivity index (χ1) is 13.1. The van der Waals surface area contributed by atoms with Crippen LogP contribution in [0, 0.1) is 0 Å². The third kappa shape index (κ3) is 3.67. The van der Waals surface area contributed by atoms with E-state index < -0.39 is 5.97 Å². The summed E-state index contributed by atoms with van der Waals surface area (Å²) in [5.41, 5.74) is 3.45. The van der Waals surface area contributed by atoms with Crippen LogP contribution >= 0.6 is 0 Å². The number of fused-ring (bicyclic) bond motifs is 2. The number of benzene rings is 1. The van der Waals surface area contributed by atoms with Gasteiger partial charge in [-0.1, -0.05) is 17.3 Å². The molecular weight excluding hydrogens is 348 g/mol. The molecule has 0 saturated heterocycles. The lowest BCUT2D eigenvalue weighted by molar-refractivity contribution is -0.137. The van der Waals surface area contributed by atoms with Gasteiger partial charge in [0, 0.05) is 19.4 Å². The van der Waals surface area contributed by atoms with Crippen molar-refractivity contribution in [1.82, 2.24) is 29.7 Å². The molecule has 0 unspecified atom stereocenters. The molecule has 0 atom stereocenters. The first kappa shape index (κ1) is 17.2. The Bertz CT molecular complexity index is 992. The van der Waals surface area contributed by atoms with Gasteiger partial charge in [0.25, 0.3) is 0 Å². The number of carboxylic acid groups (broad SMARTS) is 1. The van der Waals surface area contributed by atoms with E-state index in [1.807, 2.05) is 39.9 Å². The minimum absolute atomic E-state index is 0.0605. The smallest absolute Gasteiger partial charge is 0.303 e. The molecule has 0 bridgehead atoms. The number of aromatic nitrogens is 5. The molecule has 1 aromatic carbocycles. The van der Waals surface area contributed by atoms with Gasteiger partial charge < -0.3 is 10.0 Å². The third-order valence-corrected chi connectivity index (χ3v) is 4.75. The van der Waals surface area contributed by atoms with Crippen molar-refractivity contribution in [2.24, 2.45) is 0 Å². The van der Waals surface area contributed by atoms with E-state index in [1.165, 1.54) is 0 Å². The van der Waals surface area contributed by atoms with Crippen LogP contribution in [0.15, 0.2) is 30.3 Å². The summed E-state index contributed by atoms with van der Waals surface area (Å²) < 4.78 is 3.62. The number of carboxylic acids is 1. The number of rotatable bonds is 6. The normalized spacial score (nSPS) is 13.7. The highest BCUT2D eigenvalue weighted by Crippen LogP contribution is 2.16. The van der Waals surface area contributed by atoms with Gasteiger partial charge in [-0.15, -0.1) is 5.10 Å². The molecule has 9 nitrogen and oxygen atoms in total. The minimum atomic E-state index is -0.835. The number of para-hydroxylation sites is 1. The number of hydrogen-bond acceptors (Lipinski definition) is 5. The van der Waals surface area contributed by atoms with Crippen molar-refractivity contribution in [2.75, 3.05) is 6.54 Å². The molecule has 4 rings (SSSR count). The summed E-state index contributed by atoms with van der Waals surface area (Å²) in [6, 6.07) is 9.57. The molecule has 1 aliphatic heterocycles. The van der Waals surface area contributed by atoms with Crippen LogP contribution in [0.1, 0.15) is 24.2 Å². The van der Waals surface area contributed by atoms with Crippen molar-refractivity contribution in [3.63, 3.8) is 0 Å². The van der Waals surface area contributed by atoms with Gasteiger partial charge in [-0.2, -0.15) is 5.10 Å². The summed E-state index contributed by atoms with van der Waals surface area (Å²) >= 11 is 0. The maximum Gasteiger partial charge on any atom is 0.303 e. The summed E-state index contributed by atoms with van der Waals surface area (Å²) in [6.07, 6.45) is 0.820. The molecular formula is C18H20N6O3. The molecule has 1 aliphatic rings. The lowest BCUT2D eigenvalue weighted by Gasteiger charge is -2.27. The van der Waals surface area contributed by atoms with Gasteiger partial charge in [-0.25, -0.2) is 4.68 Å². The fraction of sp³-hybridized carbons (Fsp3) is 0.389. The average Bonchev–Trinajstić information content (AvgIpc) is 3.27. The van der Waals surface area contributed by atoms with Gasteiger partial charge in [-0.05, 0) is 18.2 Å². The van der Waals surface area contributed by atoms with Gasteiger partial charge in [0.2, 0.25) is 5.91 Å². The Balaban J connectivity index is 1.37. The first-order valence-electron chi connectivity index (χ1n) is 8.93. The monoisotopic (exact) mass is 368 g/mol. The zero-order chi connectivity index (χ0) is 18.8. The van der Waals surface area contributed by atoms with Crippen LogP contribution in [-0.4, -0.2) is 53.2 Å². The Labute approximate surface area is 155 Å². The second-order valence-corrected chi connectivity index (χ2v) is 6.61. The molecule has 2 aromatic heterocycles. The number of carbonyl (C=O) groups is 2. The third-order valence-electron chi connectivity index (χ3n) is 4.75. The zero-order valence-corrected chi connectivity index (χ0v) is 14.8. The highest BCUT2D eigenvalue weighted by molar-refractivity contribution is 5.77. The number of aliphatic carboxylic acids is 1. The second-order valence-electron chi connectivity index (χ2n) is 6.61. The van der Waals surface area contributed by atoms with E-state index in [1.54, 1.807) is 4.68 Å². The number of carbonyl (C=O) groups excluding carboxylic acids is 1. The van der Waals surface area contributed by atoms with Gasteiger partial charge in [0.1, 0.15) is 5.52 Å². The number of aryl methyl sites for hydroxylation is 2. The Morgan fingerprint density at radius 3 is 2.85 bits per heavy atom. The summed E-state index contributed by atoms with van der Waals surface area (Å²) in [6.45, 7) is 2.21. The first-order valence-corrected chi connectivity index (χ1v) is 8.93. The van der Waals surface area contributed by atoms with Crippen molar-refractivity contribution >= 4 is 22.9 Å². The second kappa shape index (κ2) is 7.18. The van der Waals surface area contributed by atoms with Crippen LogP contribution in [0.3, 0.4) is 0 Å². The highest BCUT2D eigenvalue weighted by Gasteiger charge is 2.22. The number of nitrogens with zero attached hydrogens (tertiary/aromatic N) is 6. The van der Waals surface area contributed by atoms with Crippen molar-refractivity contribution in [1.29, 1.82) is 0 Å². The standard InChI is InChI=1S/C18H20N6O3/c25-17(7-8-24-16-4-2-1-3-15(16)19-21-24)22-9-10-23-14(12-22)11-13(20-23)5-6-18(26)27/h1-4,11H,5-10,12H2,(H,26,27). The van der Waals surface area contributed by atoms with E-state index in [0.29, 0.717) is 39.0 Å². The SMILES string of the molecule is O=C(O)CCc1cc2n(n1)CCN(C(=O)CCn1nnc3ccccc31)C2. The topological polar surface area (TPSA) is 106 Å². The summed E-state index contributed by atoms with van der Waals surface area (Å²) in [5, 5.41) is 21.5. The lowest BCUT2D eigenvalue weighted by Crippen LogP contribution is -2.38. The fourth-order valence-corrected chi connectivity index (χ4v) is 3.34. The molecule has 9 heteroatoms. The highest BCUT2D eigenvalue weighted by atomic mass is 16.4. The average molecular weight is 368 g/mol. The van der Waals surface area contributed by atoms with Crippen LogP contribution in [0.5, 0.6) is 0 Å². The van der Waals surface area contributed by atoms with E-state index in [9.17, 15) is 9.59 Å². The van der Waals surface area contributed by atoms with Crippen LogP contribution < -0.4 is 0 Å². The molecule has 1 amide bonds. The van der Waals surface area contributed by atoms with Gasteiger partial charge in [0.05, 0.1) is 43.0 Å². The molecule has 0 aliphatic carbocycles. The van der Waals surface area contributed by atoms with Gasteiger partial charge in [-0.3, -0.25) is 14.3 Å². The molecule has 0 saturated carbocycles. The molecule has 3 heterocycles. The van der Waals surface area contributed by atoms with Crippen LogP contribution in [-0.2, 0) is 35.6 Å². The van der Waals surface area contributed by atoms with Crippen LogP contribution in [0.25, 0.3) is 11.0 Å². The van der Waals surface area contributed by atoms with Crippen molar-refractivity contribution < 1.29 is 14.7 Å². The zero-order valence-electron chi connectivity index (χ0n) is 14.8. The maximum absolute atomic E-state index is 12.6. The van der Waals surface area contributed by atoms with Gasteiger partial charge in [0.15, 0.2) is 0 Å². The number of amides is 1. The summed E-state index contributed by atoms with van der Waals surface area (Å²) in [4.78, 5) is 25.1. The Morgan fingerprint density at radius 1 is 1.15 bits per heavy atom. The van der Waals surface area contributed by atoms with E-state index >= 15 is 0 Å². The quantitative estimate of drug-likeness (QED) is 0.698. The van der Waals surface area contributed by atoms with Gasteiger partial charge >= 0.3 is 5.97 Å². The largest absolute Gasteiger partial charge is 0.481 e. The van der Waals surface area contributed by atoms with Crippen molar-refractivity contribution in [2.45, 2.75) is 38.9 Å². The fourth-order valence-electron chi connectivity index (χ4n) is 3.34. The Morgan fingerprint density at radius 2 is 2.00 bits per heavy atom. The molecule has 0 fully saturated rings. The molecule has 3 aromatic rings. The molecule has 0 radical (unpaired) electrons. The predicted octanol–water partition coefficient (Wildman–Crippen LogP) is 1.08. The van der Waals surface area contributed by atoms with E-state index in [2.05, 4.69) is 15.4 Å². The van der Waals surface area contributed by atoms with Crippen LogP contribution in [0.4, 0.5) is 0 Å². The Hall–Kier alpha value is -3.23. The van der Waals surface area contributed by atoms with Crippen LogP contribution in [0.2, 0.25) is 0 Å². The van der Waals surface area contributed by atoms with Crippen molar-refractivity contribution in [3.05, 3.63) is 41.7 Å². The minimum Gasteiger partial charge on any atom is -0.481 e. The van der Waals surface area contributed by atoms with E-state index in [0.717, 1.165) is 22.4 Å². The summed E-state index contributed by atoms with van der Waals surface area (Å²) in [5.74, 6) is -0.771. The predicted molar refractivity (Wildman–Crippen MR) is 95.7 cm³/mol. The maximum atomic E-state index is 12.6. The van der Waals surface area contributed by atoms with Crippen molar-refractivity contribution in [3.8, 4) is 0 Å². The lowest BCUT2D eigenvalue weighted by atomic mass is 10.2.